The molecule has 0 saturated heterocycles. The minimum absolute atomic E-state index is 0.152. The van der Waals surface area contributed by atoms with Crippen molar-refractivity contribution in [3.63, 3.8) is 0 Å². The van der Waals surface area contributed by atoms with Crippen LogP contribution in [0.4, 0.5) is 17.6 Å². The molecule has 0 radical (unpaired) electrons. The van der Waals surface area contributed by atoms with Crippen LogP contribution in [0.15, 0.2) is 16.3 Å². The molecule has 26 heavy (non-hydrogen) atoms. The van der Waals surface area contributed by atoms with Crippen molar-refractivity contribution in [2.24, 2.45) is 22.4 Å². The Labute approximate surface area is 151 Å². The minimum Gasteiger partial charge on any atom is -0.460 e. The van der Waals surface area contributed by atoms with Gasteiger partial charge in [-0.2, -0.15) is 0 Å². The van der Waals surface area contributed by atoms with E-state index in [4.69, 9.17) is 21.9 Å². The van der Waals surface area contributed by atoms with Crippen molar-refractivity contribution in [3.05, 3.63) is 56.1 Å². The summed E-state index contributed by atoms with van der Waals surface area (Å²) in [5.74, 6) is -8.24. The van der Waals surface area contributed by atoms with Crippen LogP contribution in [0.1, 0.15) is 25.0 Å². The van der Waals surface area contributed by atoms with Crippen molar-refractivity contribution in [2.75, 3.05) is 0 Å². The van der Waals surface area contributed by atoms with Gasteiger partial charge < -0.3 is 4.74 Å². The lowest BCUT2D eigenvalue weighted by Gasteiger charge is -2.10. The summed E-state index contributed by atoms with van der Waals surface area (Å²) in [4.78, 5) is 14.7. The number of esters is 1. The molecule has 0 aromatic heterocycles. The van der Waals surface area contributed by atoms with Crippen LogP contribution >= 0.6 is 11.6 Å². The van der Waals surface area contributed by atoms with Gasteiger partial charge in [-0.25, -0.2) is 17.6 Å². The van der Waals surface area contributed by atoms with Crippen molar-refractivity contribution in [2.45, 2.75) is 27.4 Å². The average Bonchev–Trinajstić information content (AvgIpc) is 3.11. The summed E-state index contributed by atoms with van der Waals surface area (Å²) in [5.41, 5.74) is 5.92. The number of ether oxygens (including phenoxy) is 1. The first-order valence-corrected chi connectivity index (χ1v) is 7.82. The van der Waals surface area contributed by atoms with E-state index in [2.05, 4.69) is 10.0 Å². The van der Waals surface area contributed by atoms with Gasteiger partial charge in [0.2, 0.25) is 0 Å². The highest BCUT2D eigenvalue weighted by molar-refractivity contribution is 6.29. The van der Waals surface area contributed by atoms with E-state index in [-0.39, 0.29) is 5.16 Å². The highest BCUT2D eigenvalue weighted by atomic mass is 35.5. The first kappa shape index (κ1) is 20.1. The summed E-state index contributed by atoms with van der Waals surface area (Å²) in [6, 6.07) is 0. The molecule has 1 fully saturated rings. The number of nitrogens with zero attached hydrogens (tertiary/aromatic N) is 3. The Kier molecular flexibility index (Phi) is 5.53. The normalized spacial score (nSPS) is 21.2. The number of hydrogen-bond donors (Lipinski definition) is 0. The zero-order valence-corrected chi connectivity index (χ0v) is 14.7. The van der Waals surface area contributed by atoms with E-state index >= 15 is 0 Å². The molecule has 1 aromatic carbocycles. The highest BCUT2D eigenvalue weighted by Crippen LogP contribution is 2.60. The number of carbonyl (C=O) groups excluding carboxylic acids is 1. The van der Waals surface area contributed by atoms with E-state index in [9.17, 15) is 22.4 Å². The van der Waals surface area contributed by atoms with Crippen molar-refractivity contribution >= 4 is 17.6 Å². The van der Waals surface area contributed by atoms with Gasteiger partial charge in [0.25, 0.3) is 0 Å². The Morgan fingerprint density at radius 3 is 2.31 bits per heavy atom. The second-order valence-electron chi connectivity index (χ2n) is 6.47. The monoisotopic (exact) mass is 391 g/mol. The van der Waals surface area contributed by atoms with Crippen LogP contribution in [-0.2, 0) is 16.1 Å². The van der Waals surface area contributed by atoms with Gasteiger partial charge in [0.05, 0.1) is 11.5 Å². The molecule has 2 rings (SSSR count). The van der Waals surface area contributed by atoms with Gasteiger partial charge in [-0.05, 0) is 28.9 Å². The van der Waals surface area contributed by atoms with Crippen LogP contribution in [0.5, 0.6) is 0 Å². The molecule has 0 aliphatic heterocycles. The fraction of sp³-hybridized carbons (Fsp3) is 0.438. The number of carbonyl (C=O) groups is 1. The van der Waals surface area contributed by atoms with E-state index in [1.54, 1.807) is 13.8 Å². The summed E-state index contributed by atoms with van der Waals surface area (Å²) in [7, 11) is 0. The molecular weight excluding hydrogens is 378 g/mol. The molecule has 0 bridgehead atoms. The van der Waals surface area contributed by atoms with Crippen LogP contribution in [0, 0.1) is 47.4 Å². The molecule has 1 saturated carbocycles. The Balaban J connectivity index is 2.16. The largest absolute Gasteiger partial charge is 0.460 e. The Hall–Kier alpha value is -2.25. The molecule has 5 nitrogen and oxygen atoms in total. The maximum Gasteiger partial charge on any atom is 0.310 e. The highest BCUT2D eigenvalue weighted by Gasteiger charge is 2.61. The number of hydrogen-bond acceptors (Lipinski definition) is 3. The SMILES string of the molecule is Cc1c(F)c(F)c(COC(=O)[C@H]2[C@@H](/C=C(\Cl)N=[N+]=[N-])C2(C)C)c(F)c1F. The smallest absolute Gasteiger partial charge is 0.310 e. The first-order valence-electron chi connectivity index (χ1n) is 7.44. The van der Waals surface area contributed by atoms with Gasteiger partial charge in [0, 0.05) is 10.5 Å². The first-order chi connectivity index (χ1) is 12.0. The zero-order chi connectivity index (χ0) is 19.8. The Morgan fingerprint density at radius 1 is 1.27 bits per heavy atom. The predicted molar refractivity (Wildman–Crippen MR) is 84.7 cm³/mol. The molecule has 0 N–H and O–H groups in total. The van der Waals surface area contributed by atoms with Gasteiger partial charge in [0.15, 0.2) is 23.3 Å². The zero-order valence-electron chi connectivity index (χ0n) is 14.0. The van der Waals surface area contributed by atoms with Gasteiger partial charge in [-0.1, -0.05) is 31.5 Å². The summed E-state index contributed by atoms with van der Waals surface area (Å²) in [6.07, 6.45) is 1.37. The standard InChI is InChI=1S/C16H14ClF4N3O2/c1-6-11(18)13(20)7(14(21)12(6)19)5-26-15(25)10-8(16(10,2)3)4-9(17)23-24-22/h4,8,10H,5H2,1-3H3/b9-4+/t8-,10-/m1/s1. The molecular formula is C16H14ClF4N3O2. The number of allylic oxidation sites excluding steroid dienone is 1. The fourth-order valence-electron chi connectivity index (χ4n) is 2.81. The van der Waals surface area contributed by atoms with Gasteiger partial charge in [0.1, 0.15) is 11.8 Å². The summed E-state index contributed by atoms with van der Waals surface area (Å²) in [5, 5.41) is 3.03. The fourth-order valence-corrected chi connectivity index (χ4v) is 2.98. The molecule has 2 atom stereocenters. The topological polar surface area (TPSA) is 75.1 Å². The summed E-state index contributed by atoms with van der Waals surface area (Å²) < 4.78 is 59.6. The van der Waals surface area contributed by atoms with E-state index in [1.165, 1.54) is 6.08 Å². The predicted octanol–water partition coefficient (Wildman–Crippen LogP) is 5.26. The molecule has 1 aliphatic carbocycles. The van der Waals surface area contributed by atoms with Gasteiger partial charge in [-0.15, -0.1) is 0 Å². The lowest BCUT2D eigenvalue weighted by molar-refractivity contribution is -0.147. The molecule has 1 aliphatic rings. The quantitative estimate of drug-likeness (QED) is 0.131. The molecule has 0 spiro atoms. The number of benzene rings is 1. The van der Waals surface area contributed by atoms with Crippen LogP contribution in [-0.4, -0.2) is 5.97 Å². The Bertz CT molecular complexity index is 821. The molecule has 0 unspecified atom stereocenters. The van der Waals surface area contributed by atoms with Crippen LogP contribution in [0.2, 0.25) is 0 Å². The summed E-state index contributed by atoms with van der Waals surface area (Å²) >= 11 is 5.68. The lowest BCUT2D eigenvalue weighted by atomic mass is 10.1. The van der Waals surface area contributed by atoms with Crippen molar-refractivity contribution < 1.29 is 27.1 Å². The van der Waals surface area contributed by atoms with Crippen molar-refractivity contribution in [3.8, 4) is 0 Å². The average molecular weight is 392 g/mol. The van der Waals surface area contributed by atoms with Crippen LogP contribution in [0.25, 0.3) is 10.4 Å². The molecule has 0 amide bonds. The molecule has 1 aromatic rings. The second-order valence-corrected chi connectivity index (χ2v) is 6.86. The van der Waals surface area contributed by atoms with E-state index in [0.29, 0.717) is 0 Å². The number of rotatable bonds is 5. The van der Waals surface area contributed by atoms with Gasteiger partial charge in [-0.3, -0.25) is 4.79 Å². The Morgan fingerprint density at radius 2 is 1.81 bits per heavy atom. The third-order valence-electron chi connectivity index (χ3n) is 4.55. The lowest BCUT2D eigenvalue weighted by Crippen LogP contribution is -2.14. The third-order valence-corrected chi connectivity index (χ3v) is 4.76. The molecule has 140 valence electrons. The minimum atomic E-state index is -1.60. The maximum absolute atomic E-state index is 13.8. The number of halogens is 5. The molecule has 0 heterocycles. The number of azide groups is 1. The van der Waals surface area contributed by atoms with Crippen LogP contribution in [0.3, 0.4) is 0 Å². The third kappa shape index (κ3) is 3.50. The molecule has 10 heteroatoms. The van der Waals surface area contributed by atoms with E-state index < -0.39 is 64.2 Å². The summed E-state index contributed by atoms with van der Waals surface area (Å²) in [6.45, 7) is 3.36. The van der Waals surface area contributed by atoms with Gasteiger partial charge >= 0.3 is 5.97 Å². The van der Waals surface area contributed by atoms with E-state index in [1.807, 2.05) is 0 Å². The second kappa shape index (κ2) is 7.17. The van der Waals surface area contributed by atoms with Crippen molar-refractivity contribution in [1.82, 2.24) is 0 Å². The van der Waals surface area contributed by atoms with E-state index in [0.717, 1.165) is 6.92 Å². The maximum atomic E-state index is 13.8. The van der Waals surface area contributed by atoms with Crippen molar-refractivity contribution in [1.29, 1.82) is 0 Å². The van der Waals surface area contributed by atoms with Crippen LogP contribution < -0.4 is 0 Å².